The number of carbonyl (C=O) groups excluding carboxylic acids is 3. The molecule has 10 nitrogen and oxygen atoms in total. The van der Waals surface area contributed by atoms with E-state index in [-0.39, 0.29) is 59.2 Å². The number of ether oxygens (including phenoxy) is 2. The maximum absolute atomic E-state index is 15.0. The fourth-order valence-electron chi connectivity index (χ4n) is 9.42. The second-order valence-corrected chi connectivity index (χ2v) is 17.7. The molecule has 0 fully saturated rings. The number of amides is 2. The third-order valence-electron chi connectivity index (χ3n) is 13.5. The molecule has 3 aromatic rings. The van der Waals surface area contributed by atoms with E-state index in [4.69, 9.17) is 19.4 Å². The second-order valence-electron chi connectivity index (χ2n) is 17.7. The summed E-state index contributed by atoms with van der Waals surface area (Å²) in [6.07, 6.45) is -5.09. The van der Waals surface area contributed by atoms with Gasteiger partial charge in [-0.2, -0.15) is 26.3 Å². The Hall–Kier alpha value is -5.51. The zero-order valence-corrected chi connectivity index (χ0v) is 37.9. The molecule has 1 aromatic carbocycles. The monoisotopic (exact) mass is 907 g/mol. The van der Waals surface area contributed by atoms with E-state index in [1.807, 2.05) is 39.0 Å². The summed E-state index contributed by atoms with van der Waals surface area (Å²) in [5, 5.41) is 0. The van der Waals surface area contributed by atoms with Crippen molar-refractivity contribution in [3.05, 3.63) is 104 Å². The van der Waals surface area contributed by atoms with Crippen molar-refractivity contribution >= 4 is 40.0 Å². The third kappa shape index (κ3) is 9.32. The number of aryl methyl sites for hydroxylation is 1. The van der Waals surface area contributed by atoms with Crippen molar-refractivity contribution in [3.8, 4) is 0 Å². The van der Waals surface area contributed by atoms with Crippen LogP contribution in [0.1, 0.15) is 187 Å². The fourth-order valence-corrected chi connectivity index (χ4v) is 9.42. The molecular weight excluding hydrogens is 853 g/mol. The summed E-state index contributed by atoms with van der Waals surface area (Å²) in [4.78, 5) is 60.1. The van der Waals surface area contributed by atoms with Crippen LogP contribution in [-0.2, 0) is 33.2 Å². The number of benzene rings is 1. The minimum atomic E-state index is -5.16. The molecule has 0 saturated heterocycles. The molecule has 4 aliphatic heterocycles. The first kappa shape index (κ1) is 47.5. The van der Waals surface area contributed by atoms with Crippen LogP contribution in [0.2, 0.25) is 0 Å². The summed E-state index contributed by atoms with van der Waals surface area (Å²) >= 11 is 0. The quantitative estimate of drug-likeness (QED) is 0.0756. The highest BCUT2D eigenvalue weighted by Crippen LogP contribution is 2.46. The van der Waals surface area contributed by atoms with Gasteiger partial charge in [0.25, 0.3) is 11.8 Å². The summed E-state index contributed by atoms with van der Waals surface area (Å²) < 4.78 is 95.6. The lowest BCUT2D eigenvalue weighted by molar-refractivity contribution is -0.143. The van der Waals surface area contributed by atoms with Crippen LogP contribution in [0.5, 0.6) is 0 Å². The number of alkyl halides is 6. The molecule has 0 aliphatic carbocycles. The highest BCUT2D eigenvalue weighted by atomic mass is 19.4. The molecule has 6 heterocycles. The Labute approximate surface area is 373 Å². The molecule has 4 aliphatic rings. The highest BCUT2D eigenvalue weighted by Gasteiger charge is 2.43. The Morgan fingerprint density at radius 3 is 2.06 bits per heavy atom. The van der Waals surface area contributed by atoms with Crippen molar-refractivity contribution in [1.82, 2.24) is 24.8 Å². The SMILES string of the molecule is CCCCCCCOC(C)C1=C(C)c2cc3nc(c4c5[nH]c(cc6[nH]c(cc1n2)C(C)C6C)c(C)c5C(=O)N(Cc1cc(C(F)(F)F)cc(C(F)(F)F)c1)C4=O)[C@@H](CCC(=O)OC)[C@@H]3C. The maximum Gasteiger partial charge on any atom is 0.416 e. The van der Waals surface area contributed by atoms with Gasteiger partial charge in [-0.05, 0) is 86.7 Å². The number of carbonyl (C=O) groups is 3. The second kappa shape index (κ2) is 18.4. The molecule has 5 atom stereocenters. The number of halogens is 6. The van der Waals surface area contributed by atoms with Gasteiger partial charge in [-0.25, -0.2) is 4.98 Å². The molecule has 0 spiro atoms. The van der Waals surface area contributed by atoms with Gasteiger partial charge in [0, 0.05) is 64.9 Å². The molecule has 16 heteroatoms. The minimum Gasteiger partial charge on any atom is -0.469 e. The van der Waals surface area contributed by atoms with Crippen molar-refractivity contribution in [3.63, 3.8) is 0 Å². The lowest BCUT2D eigenvalue weighted by Crippen LogP contribution is -2.40. The van der Waals surface area contributed by atoms with Gasteiger partial charge in [-0.15, -0.1) is 0 Å². The van der Waals surface area contributed by atoms with Crippen LogP contribution < -0.4 is 0 Å². The summed E-state index contributed by atoms with van der Waals surface area (Å²) in [5.41, 5.74) is 2.77. The number of aromatic amines is 2. The van der Waals surface area contributed by atoms with Crippen LogP contribution in [-0.4, -0.2) is 62.4 Å². The summed E-state index contributed by atoms with van der Waals surface area (Å²) in [5.74, 6) is -3.51. The van der Waals surface area contributed by atoms with Crippen molar-refractivity contribution < 1.29 is 50.2 Å². The van der Waals surface area contributed by atoms with Crippen molar-refractivity contribution in [2.45, 2.75) is 142 Å². The van der Waals surface area contributed by atoms with Gasteiger partial charge in [0.15, 0.2) is 0 Å². The molecule has 348 valence electrons. The first-order valence-corrected chi connectivity index (χ1v) is 22.2. The van der Waals surface area contributed by atoms with Gasteiger partial charge in [0.2, 0.25) is 0 Å². The molecule has 0 saturated carbocycles. The number of aromatic nitrogens is 4. The fraction of sp³-hybridized carbons (Fsp3) is 0.490. The van der Waals surface area contributed by atoms with Crippen LogP contribution in [0.25, 0.3) is 22.2 Å². The number of methoxy groups -OCH3 is 1. The number of rotatable bonds is 13. The predicted molar refractivity (Wildman–Crippen MR) is 234 cm³/mol. The number of nitrogens with one attached hydrogen (secondary N) is 2. The van der Waals surface area contributed by atoms with E-state index in [0.29, 0.717) is 46.1 Å². The number of hydrogen-bond donors (Lipinski definition) is 2. The Morgan fingerprint density at radius 1 is 0.800 bits per heavy atom. The molecule has 2 N–H and O–H groups in total. The molecule has 65 heavy (non-hydrogen) atoms. The minimum absolute atomic E-state index is 0.00140. The highest BCUT2D eigenvalue weighted by molar-refractivity contribution is 6.23. The molecule has 3 unspecified atom stereocenters. The number of allylic oxidation sites excluding steroid dienone is 1. The molecule has 8 bridgehead atoms. The number of unbranched alkanes of at least 4 members (excludes halogenated alkanes) is 4. The molecule has 2 aromatic heterocycles. The van der Waals surface area contributed by atoms with Crippen LogP contribution in [0.15, 0.2) is 36.4 Å². The first-order chi connectivity index (χ1) is 30.6. The van der Waals surface area contributed by atoms with E-state index in [0.717, 1.165) is 53.9 Å². The average molecular weight is 908 g/mol. The van der Waals surface area contributed by atoms with Crippen LogP contribution >= 0.6 is 0 Å². The molecule has 7 rings (SSSR count). The number of nitrogens with zero attached hydrogens (tertiary/aromatic N) is 3. The van der Waals surface area contributed by atoms with Gasteiger partial charge >= 0.3 is 18.3 Å². The topological polar surface area (TPSA) is 130 Å². The van der Waals surface area contributed by atoms with Gasteiger partial charge in [0.05, 0.1) is 64.6 Å². The van der Waals surface area contributed by atoms with Crippen molar-refractivity contribution in [1.29, 1.82) is 0 Å². The predicted octanol–water partition coefficient (Wildman–Crippen LogP) is 12.2. The zero-order valence-electron chi connectivity index (χ0n) is 37.9. The maximum atomic E-state index is 15.0. The van der Waals surface area contributed by atoms with E-state index >= 15 is 4.79 Å². The molecule has 0 radical (unpaired) electrons. The van der Waals surface area contributed by atoms with E-state index in [9.17, 15) is 35.9 Å². The summed E-state index contributed by atoms with van der Waals surface area (Å²) in [7, 11) is 1.26. The van der Waals surface area contributed by atoms with Gasteiger partial charge < -0.3 is 19.4 Å². The first-order valence-electron chi connectivity index (χ1n) is 22.2. The Morgan fingerprint density at radius 2 is 1.43 bits per heavy atom. The lowest BCUT2D eigenvalue weighted by Gasteiger charge is -2.27. The Balaban J connectivity index is 1.48. The molecule has 2 amide bonds. The number of fused-ring (bicyclic) bond motifs is 8. The van der Waals surface area contributed by atoms with Crippen LogP contribution in [0.4, 0.5) is 26.3 Å². The summed E-state index contributed by atoms with van der Waals surface area (Å²) in [6.45, 7) is 13.5. The van der Waals surface area contributed by atoms with E-state index in [2.05, 4.69) is 30.7 Å². The van der Waals surface area contributed by atoms with E-state index in [1.165, 1.54) is 13.5 Å². The third-order valence-corrected chi connectivity index (χ3v) is 13.5. The van der Waals surface area contributed by atoms with Crippen LogP contribution in [0, 0.1) is 6.92 Å². The normalized spacial score (nSPS) is 19.8. The van der Waals surface area contributed by atoms with E-state index in [1.54, 1.807) is 6.92 Å². The number of hydrogen-bond acceptors (Lipinski definition) is 7. The van der Waals surface area contributed by atoms with Gasteiger partial charge in [0.1, 0.15) is 0 Å². The van der Waals surface area contributed by atoms with E-state index < -0.39 is 65.2 Å². The Kier molecular flexibility index (Phi) is 13.4. The van der Waals surface area contributed by atoms with Crippen LogP contribution in [0.3, 0.4) is 0 Å². The standard InChI is InChI=1S/C49H55F6N5O5/c1-9-10-11-12-13-16-65-29(7)41-27(5)37-21-36-26(4)33(14-15-40(61)64-8)44(58-36)43-45-42(28(6)38(59-45)20-34-24(2)25(3)35(56-34)22-39(41)57-37)46(62)60(47(43)63)23-30-17-31(48(50,51)52)19-32(18-30)49(53,54)55/h17-22,24-26,29,33,56,59H,9-16,23H2,1-8H3/t24?,25?,26-,29?,33-/m0/s1. The number of esters is 1. The Bertz CT molecular complexity index is 2590. The van der Waals surface area contributed by atoms with Gasteiger partial charge in [-0.1, -0.05) is 53.4 Å². The number of imide groups is 1. The van der Waals surface area contributed by atoms with Crippen molar-refractivity contribution in [2.75, 3.05) is 13.7 Å². The zero-order chi connectivity index (χ0) is 47.3. The average Bonchev–Trinajstić information content (AvgIpc) is 3.92. The smallest absolute Gasteiger partial charge is 0.416 e. The molecular formula is C49H55F6N5O5. The largest absolute Gasteiger partial charge is 0.469 e. The number of H-pyrrole nitrogens is 2. The summed E-state index contributed by atoms with van der Waals surface area (Å²) in [6, 6.07) is 6.76. The van der Waals surface area contributed by atoms with Crippen molar-refractivity contribution in [2.24, 2.45) is 0 Å². The lowest BCUT2D eigenvalue weighted by atomic mass is 9.84. The van der Waals surface area contributed by atoms with Gasteiger partial charge in [-0.3, -0.25) is 24.3 Å².